The van der Waals surface area contributed by atoms with Gasteiger partial charge in [0.2, 0.25) is 5.96 Å². The Morgan fingerprint density at radius 2 is 1.79 bits per heavy atom. The smallest absolute Gasteiger partial charge is 0.211 e. The van der Waals surface area contributed by atoms with Crippen molar-refractivity contribution in [2.45, 2.75) is 0 Å². The highest BCUT2D eigenvalue weighted by Gasteiger charge is 1.99. The first-order valence-corrected chi connectivity index (χ1v) is 5.13. The molecule has 0 heterocycles. The maximum atomic E-state index is 5.18. The highest BCUT2D eigenvalue weighted by Crippen LogP contribution is 2.03. The summed E-state index contributed by atoms with van der Waals surface area (Å²) < 4.78 is 0. The Hall–Kier alpha value is -1.36. The van der Waals surface area contributed by atoms with E-state index in [1.165, 1.54) is 0 Å². The average Bonchev–Trinajstić information content (AvgIpc) is 2.20. The van der Waals surface area contributed by atoms with Crippen molar-refractivity contribution in [1.82, 2.24) is 0 Å². The van der Waals surface area contributed by atoms with Gasteiger partial charge in [-0.05, 0) is 5.56 Å². The molecule has 5 heteroatoms. The van der Waals surface area contributed by atoms with E-state index in [-0.39, 0.29) is 5.96 Å². The lowest BCUT2D eigenvalue weighted by molar-refractivity contribution is 1.20. The summed E-state index contributed by atoms with van der Waals surface area (Å²) in [6.45, 7) is 0. The van der Waals surface area contributed by atoms with Crippen molar-refractivity contribution < 1.29 is 0 Å². The quantitative estimate of drug-likeness (QED) is 0.366. The predicted octanol–water partition coefficient (Wildman–Crippen LogP) is 1.06. The van der Waals surface area contributed by atoms with Crippen molar-refractivity contribution in [2.24, 2.45) is 21.7 Å². The first-order valence-electron chi connectivity index (χ1n) is 4.01. The lowest BCUT2D eigenvalue weighted by atomic mass is 10.1. The summed E-state index contributed by atoms with van der Waals surface area (Å²) in [4.78, 5) is 0. The second-order valence-corrected chi connectivity index (χ2v) is 3.13. The first kappa shape index (κ1) is 10.7. The third kappa shape index (κ3) is 3.18. The maximum absolute atomic E-state index is 5.18. The largest absolute Gasteiger partial charge is 0.369 e. The molecule has 0 amide bonds. The number of nitrogens with zero attached hydrogens (tertiary/aromatic N) is 2. The van der Waals surface area contributed by atoms with Gasteiger partial charge in [0, 0.05) is 5.33 Å². The van der Waals surface area contributed by atoms with E-state index in [0.29, 0.717) is 5.33 Å². The van der Waals surface area contributed by atoms with Crippen LogP contribution >= 0.6 is 15.9 Å². The third-order valence-corrected chi connectivity index (χ3v) is 2.05. The number of hydrogen-bond acceptors (Lipinski definition) is 2. The van der Waals surface area contributed by atoms with Crippen LogP contribution in [-0.4, -0.2) is 17.0 Å². The van der Waals surface area contributed by atoms with Gasteiger partial charge in [-0.1, -0.05) is 46.3 Å². The highest BCUT2D eigenvalue weighted by atomic mass is 79.9. The van der Waals surface area contributed by atoms with E-state index >= 15 is 0 Å². The van der Waals surface area contributed by atoms with Crippen LogP contribution in [0.25, 0.3) is 0 Å². The van der Waals surface area contributed by atoms with Crippen molar-refractivity contribution in [3.8, 4) is 0 Å². The van der Waals surface area contributed by atoms with E-state index < -0.39 is 0 Å². The fourth-order valence-electron chi connectivity index (χ4n) is 0.910. The molecule has 0 spiro atoms. The fraction of sp³-hybridized carbons (Fsp3) is 0.111. The molecule has 0 aliphatic heterocycles. The molecule has 1 aromatic carbocycles. The Labute approximate surface area is 90.8 Å². The Kier molecular flexibility index (Phi) is 4.12. The summed E-state index contributed by atoms with van der Waals surface area (Å²) in [6, 6.07) is 9.70. The summed E-state index contributed by atoms with van der Waals surface area (Å²) in [5.74, 6) is -0.0422. The maximum Gasteiger partial charge on any atom is 0.211 e. The van der Waals surface area contributed by atoms with E-state index in [2.05, 4.69) is 26.1 Å². The van der Waals surface area contributed by atoms with E-state index in [1.54, 1.807) is 0 Å². The number of nitrogens with two attached hydrogens (primary N) is 2. The van der Waals surface area contributed by atoms with Crippen LogP contribution < -0.4 is 11.5 Å². The molecule has 0 saturated heterocycles. The Balaban J connectivity index is 2.93. The minimum Gasteiger partial charge on any atom is -0.369 e. The lowest BCUT2D eigenvalue weighted by Gasteiger charge is -1.99. The van der Waals surface area contributed by atoms with Gasteiger partial charge in [-0.15, -0.1) is 5.10 Å². The molecule has 0 radical (unpaired) electrons. The number of guanidine groups is 1. The van der Waals surface area contributed by atoms with Crippen LogP contribution in [0, 0.1) is 0 Å². The molecule has 0 unspecified atom stereocenters. The highest BCUT2D eigenvalue weighted by molar-refractivity contribution is 9.09. The minimum atomic E-state index is -0.0422. The molecule has 4 nitrogen and oxygen atoms in total. The summed E-state index contributed by atoms with van der Waals surface area (Å²) in [6.07, 6.45) is 0. The predicted molar refractivity (Wildman–Crippen MR) is 62.6 cm³/mol. The zero-order valence-corrected chi connectivity index (χ0v) is 9.11. The molecule has 0 fully saturated rings. The summed E-state index contributed by atoms with van der Waals surface area (Å²) in [5, 5.41) is 8.13. The van der Waals surface area contributed by atoms with Gasteiger partial charge in [-0.3, -0.25) is 0 Å². The molecular formula is C9H11BrN4. The summed E-state index contributed by atoms with van der Waals surface area (Å²) in [5.41, 5.74) is 12.1. The molecule has 0 saturated carbocycles. The van der Waals surface area contributed by atoms with Crippen LogP contribution in [-0.2, 0) is 0 Å². The van der Waals surface area contributed by atoms with Crippen LogP contribution in [0.1, 0.15) is 5.56 Å². The molecule has 0 aromatic heterocycles. The number of halogens is 1. The van der Waals surface area contributed by atoms with Gasteiger partial charge in [-0.2, -0.15) is 5.10 Å². The molecule has 4 N–H and O–H groups in total. The van der Waals surface area contributed by atoms with Gasteiger partial charge < -0.3 is 11.5 Å². The van der Waals surface area contributed by atoms with Crippen LogP contribution in [0.5, 0.6) is 0 Å². The fourth-order valence-corrected chi connectivity index (χ4v) is 1.35. The second kappa shape index (κ2) is 5.39. The normalized spacial score (nSPS) is 11.1. The topological polar surface area (TPSA) is 76.8 Å². The molecule has 74 valence electrons. The van der Waals surface area contributed by atoms with Gasteiger partial charge in [-0.25, -0.2) is 0 Å². The first-order chi connectivity index (χ1) is 6.74. The van der Waals surface area contributed by atoms with Gasteiger partial charge in [0.15, 0.2) is 0 Å². The second-order valence-electron chi connectivity index (χ2n) is 2.57. The van der Waals surface area contributed by atoms with Crippen molar-refractivity contribution in [3.05, 3.63) is 35.9 Å². The molecule has 14 heavy (non-hydrogen) atoms. The molecule has 0 aliphatic rings. The monoisotopic (exact) mass is 254 g/mol. The Morgan fingerprint density at radius 3 is 2.29 bits per heavy atom. The van der Waals surface area contributed by atoms with Crippen LogP contribution in [0.15, 0.2) is 40.5 Å². The Bertz CT molecular complexity index is 341. The number of hydrogen-bond donors (Lipinski definition) is 2. The van der Waals surface area contributed by atoms with Crippen LogP contribution in [0.3, 0.4) is 0 Å². The average molecular weight is 255 g/mol. The number of rotatable bonds is 3. The number of benzene rings is 1. The molecular weight excluding hydrogens is 244 g/mol. The van der Waals surface area contributed by atoms with Crippen LogP contribution in [0.4, 0.5) is 0 Å². The zero-order chi connectivity index (χ0) is 10.4. The van der Waals surface area contributed by atoms with Gasteiger partial charge >= 0.3 is 0 Å². The third-order valence-electron chi connectivity index (χ3n) is 1.52. The molecule has 0 bridgehead atoms. The van der Waals surface area contributed by atoms with E-state index in [4.69, 9.17) is 11.5 Å². The summed E-state index contributed by atoms with van der Waals surface area (Å²) in [7, 11) is 0. The van der Waals surface area contributed by atoms with Crippen LogP contribution in [0.2, 0.25) is 0 Å². The van der Waals surface area contributed by atoms with Crippen molar-refractivity contribution >= 4 is 27.6 Å². The minimum absolute atomic E-state index is 0.0422. The Morgan fingerprint density at radius 1 is 1.14 bits per heavy atom. The van der Waals surface area contributed by atoms with Gasteiger partial charge in [0.1, 0.15) is 0 Å². The SMILES string of the molecule is NC(N)=N/N=C(\CBr)c1ccccc1. The standard InChI is InChI=1S/C9H11BrN4/c10-6-8(13-14-9(11)12)7-4-2-1-3-5-7/h1-5H,6H2,(H4,11,12,14)/b13-8+. The van der Waals surface area contributed by atoms with E-state index in [9.17, 15) is 0 Å². The van der Waals surface area contributed by atoms with E-state index in [0.717, 1.165) is 11.3 Å². The lowest BCUT2D eigenvalue weighted by Crippen LogP contribution is -2.22. The van der Waals surface area contributed by atoms with Gasteiger partial charge in [0.25, 0.3) is 0 Å². The van der Waals surface area contributed by atoms with Gasteiger partial charge in [0.05, 0.1) is 5.71 Å². The molecule has 1 rings (SSSR count). The number of alkyl halides is 1. The molecule has 1 aromatic rings. The van der Waals surface area contributed by atoms with Crippen molar-refractivity contribution in [2.75, 3.05) is 5.33 Å². The van der Waals surface area contributed by atoms with E-state index in [1.807, 2.05) is 30.3 Å². The molecule has 0 aliphatic carbocycles. The molecule has 0 atom stereocenters. The summed E-state index contributed by atoms with van der Waals surface area (Å²) >= 11 is 3.32. The van der Waals surface area contributed by atoms with Crippen molar-refractivity contribution in [3.63, 3.8) is 0 Å². The van der Waals surface area contributed by atoms with Crippen molar-refractivity contribution in [1.29, 1.82) is 0 Å². The zero-order valence-electron chi connectivity index (χ0n) is 7.52.